The Balaban J connectivity index is 1.39. The highest BCUT2D eigenvalue weighted by molar-refractivity contribution is 8.00. The van der Waals surface area contributed by atoms with Crippen molar-refractivity contribution in [3.8, 4) is 5.75 Å². The zero-order valence-corrected chi connectivity index (χ0v) is 17.0. The van der Waals surface area contributed by atoms with Crippen molar-refractivity contribution in [2.75, 3.05) is 12.4 Å². The molecule has 2 aromatic heterocycles. The van der Waals surface area contributed by atoms with Gasteiger partial charge in [0, 0.05) is 6.54 Å². The highest BCUT2D eigenvalue weighted by Gasteiger charge is 2.18. The summed E-state index contributed by atoms with van der Waals surface area (Å²) in [5.41, 5.74) is 2.07. The van der Waals surface area contributed by atoms with Gasteiger partial charge in [0.15, 0.2) is 4.34 Å². The Hall–Kier alpha value is -2.72. The van der Waals surface area contributed by atoms with E-state index in [-0.39, 0.29) is 5.75 Å². The Labute approximate surface area is 173 Å². The number of fused-ring (bicyclic) bond motifs is 1. The van der Waals surface area contributed by atoms with Crippen molar-refractivity contribution in [1.82, 2.24) is 19.7 Å². The number of benzene rings is 2. The third-order valence-corrected chi connectivity index (χ3v) is 6.21. The van der Waals surface area contributed by atoms with Crippen LogP contribution in [-0.2, 0) is 12.3 Å². The number of imidazole rings is 1. The maximum Gasteiger partial charge on any atom is 0.320 e. The fourth-order valence-electron chi connectivity index (χ4n) is 2.80. The zero-order chi connectivity index (χ0) is 20.2. The Kier molecular flexibility index (Phi) is 5.91. The summed E-state index contributed by atoms with van der Waals surface area (Å²) in [5.74, 6) is 1.40. The van der Waals surface area contributed by atoms with Crippen molar-refractivity contribution in [2.24, 2.45) is 0 Å². The van der Waals surface area contributed by atoms with Crippen LogP contribution in [0.2, 0.25) is 0 Å². The molecule has 4 rings (SSSR count). The van der Waals surface area contributed by atoms with E-state index in [4.69, 9.17) is 4.74 Å². The molecule has 6 nitrogen and oxygen atoms in total. The lowest BCUT2D eigenvalue weighted by Gasteiger charge is -2.06. The number of hydrogen-bond donors (Lipinski definition) is 1. The molecule has 0 aliphatic rings. The quantitative estimate of drug-likeness (QED) is 0.386. The van der Waals surface area contributed by atoms with Gasteiger partial charge in [-0.1, -0.05) is 47.4 Å². The first-order chi connectivity index (χ1) is 14.1. The van der Waals surface area contributed by atoms with E-state index in [0.717, 1.165) is 15.9 Å². The van der Waals surface area contributed by atoms with Crippen molar-refractivity contribution in [1.29, 1.82) is 0 Å². The number of halogens is 2. The molecule has 29 heavy (non-hydrogen) atoms. The lowest BCUT2D eigenvalue weighted by atomic mass is 10.2. The number of anilines is 1. The van der Waals surface area contributed by atoms with Gasteiger partial charge in [0.1, 0.15) is 11.6 Å². The van der Waals surface area contributed by atoms with Gasteiger partial charge in [0.2, 0.25) is 5.13 Å². The number of ether oxygens (including phenoxy) is 1. The van der Waals surface area contributed by atoms with E-state index < -0.39 is 6.55 Å². The van der Waals surface area contributed by atoms with Crippen LogP contribution in [0.5, 0.6) is 5.75 Å². The Morgan fingerprint density at radius 2 is 1.93 bits per heavy atom. The number of nitrogens with zero attached hydrogens (tertiary/aromatic N) is 4. The van der Waals surface area contributed by atoms with E-state index in [0.29, 0.717) is 32.9 Å². The number of para-hydroxylation sites is 2. The number of aromatic nitrogens is 4. The van der Waals surface area contributed by atoms with E-state index >= 15 is 0 Å². The molecule has 2 heterocycles. The lowest BCUT2D eigenvalue weighted by molar-refractivity contribution is 0.0722. The third-order valence-electron chi connectivity index (χ3n) is 4.20. The summed E-state index contributed by atoms with van der Waals surface area (Å²) in [6.45, 7) is -2.04. The van der Waals surface area contributed by atoms with E-state index in [2.05, 4.69) is 20.5 Å². The number of rotatable bonds is 8. The Morgan fingerprint density at radius 1 is 1.14 bits per heavy atom. The monoisotopic (exact) mass is 433 g/mol. The van der Waals surface area contributed by atoms with E-state index in [9.17, 15) is 8.78 Å². The molecule has 0 aliphatic heterocycles. The van der Waals surface area contributed by atoms with Gasteiger partial charge in [0.25, 0.3) is 0 Å². The molecule has 0 saturated heterocycles. The maximum absolute atomic E-state index is 13.5. The van der Waals surface area contributed by atoms with Gasteiger partial charge >= 0.3 is 6.55 Å². The summed E-state index contributed by atoms with van der Waals surface area (Å²) in [6.07, 6.45) is 0. The molecule has 0 amide bonds. The summed E-state index contributed by atoms with van der Waals surface area (Å²) in [7, 11) is 1.63. The topological polar surface area (TPSA) is 64.9 Å². The Bertz CT molecular complexity index is 1100. The van der Waals surface area contributed by atoms with Crippen molar-refractivity contribution < 1.29 is 13.5 Å². The molecule has 4 aromatic rings. The number of methoxy groups -OCH3 is 1. The van der Waals surface area contributed by atoms with Crippen LogP contribution in [0.3, 0.4) is 0 Å². The van der Waals surface area contributed by atoms with Gasteiger partial charge < -0.3 is 10.1 Å². The fourth-order valence-corrected chi connectivity index (χ4v) is 4.48. The molecule has 10 heteroatoms. The van der Waals surface area contributed by atoms with Gasteiger partial charge in [-0.3, -0.25) is 4.57 Å². The highest BCUT2D eigenvalue weighted by atomic mass is 32.2. The predicted molar refractivity (Wildman–Crippen MR) is 111 cm³/mol. The molecular formula is C19H17F2N5OS2. The molecule has 0 bridgehead atoms. The fraction of sp³-hybridized carbons (Fsp3) is 0.211. The van der Waals surface area contributed by atoms with E-state index in [1.807, 2.05) is 24.3 Å². The molecule has 0 saturated carbocycles. The highest BCUT2D eigenvalue weighted by Crippen LogP contribution is 2.31. The number of alkyl halides is 2. The molecular weight excluding hydrogens is 416 g/mol. The largest absolute Gasteiger partial charge is 0.497 e. The zero-order valence-electron chi connectivity index (χ0n) is 15.4. The van der Waals surface area contributed by atoms with Crippen molar-refractivity contribution >= 4 is 39.3 Å². The summed E-state index contributed by atoms with van der Waals surface area (Å²) < 4.78 is 33.8. The number of hydrogen-bond acceptors (Lipinski definition) is 7. The van der Waals surface area contributed by atoms with Crippen LogP contribution in [-0.4, -0.2) is 26.9 Å². The SMILES string of the molecule is COc1ccc(CNc2nnc(SCc3nc4ccccc4n3C(F)F)s2)cc1. The second-order valence-electron chi connectivity index (χ2n) is 6.03. The maximum atomic E-state index is 13.5. The van der Waals surface area contributed by atoms with Crippen molar-refractivity contribution in [3.63, 3.8) is 0 Å². The molecule has 0 radical (unpaired) electrons. The van der Waals surface area contributed by atoms with Crippen LogP contribution in [0.1, 0.15) is 17.9 Å². The summed E-state index contributed by atoms with van der Waals surface area (Å²) >= 11 is 2.72. The normalized spacial score (nSPS) is 11.3. The van der Waals surface area contributed by atoms with Gasteiger partial charge in [-0.15, -0.1) is 10.2 Å². The standard InChI is InChI=1S/C19H17F2N5OS2/c1-27-13-8-6-12(7-9-13)10-22-18-24-25-19(29-18)28-11-16-23-14-4-2-3-5-15(14)26(16)17(20)21/h2-9,17H,10-11H2,1H3,(H,22,24). The lowest BCUT2D eigenvalue weighted by Crippen LogP contribution is -2.03. The molecule has 0 atom stereocenters. The van der Waals surface area contributed by atoms with Crippen LogP contribution in [0.25, 0.3) is 11.0 Å². The summed E-state index contributed by atoms with van der Waals surface area (Å²) in [6, 6.07) is 14.6. The van der Waals surface area contributed by atoms with Crippen molar-refractivity contribution in [2.45, 2.75) is 23.2 Å². The van der Waals surface area contributed by atoms with E-state index in [1.54, 1.807) is 31.4 Å². The average Bonchev–Trinajstić information content (AvgIpc) is 3.35. The molecule has 1 N–H and O–H groups in total. The predicted octanol–water partition coefficient (Wildman–Crippen LogP) is 5.20. The minimum absolute atomic E-state index is 0.284. The third kappa shape index (κ3) is 4.48. The van der Waals surface area contributed by atoms with Crippen LogP contribution < -0.4 is 10.1 Å². The number of nitrogens with one attached hydrogen (secondary N) is 1. The molecule has 150 valence electrons. The average molecular weight is 434 g/mol. The summed E-state index contributed by atoms with van der Waals surface area (Å²) in [4.78, 5) is 4.34. The second-order valence-corrected chi connectivity index (χ2v) is 8.23. The first kappa shape index (κ1) is 19.6. The minimum atomic E-state index is -2.64. The van der Waals surface area contributed by atoms with Crippen LogP contribution in [0.4, 0.5) is 13.9 Å². The molecule has 0 unspecified atom stereocenters. The van der Waals surface area contributed by atoms with Gasteiger partial charge in [0.05, 0.1) is 23.9 Å². The molecule has 2 aromatic carbocycles. The summed E-state index contributed by atoms with van der Waals surface area (Å²) in [5, 5.41) is 12.1. The van der Waals surface area contributed by atoms with Crippen molar-refractivity contribution in [3.05, 3.63) is 59.9 Å². The molecule has 0 fully saturated rings. The van der Waals surface area contributed by atoms with Crippen LogP contribution in [0, 0.1) is 0 Å². The van der Waals surface area contributed by atoms with Gasteiger partial charge in [-0.2, -0.15) is 8.78 Å². The van der Waals surface area contributed by atoms with Crippen LogP contribution >= 0.6 is 23.1 Å². The first-order valence-corrected chi connectivity index (χ1v) is 10.5. The molecule has 0 spiro atoms. The van der Waals surface area contributed by atoms with Crippen LogP contribution in [0.15, 0.2) is 52.9 Å². The molecule has 0 aliphatic carbocycles. The number of thioether (sulfide) groups is 1. The Morgan fingerprint density at radius 3 is 2.69 bits per heavy atom. The van der Waals surface area contributed by atoms with Gasteiger partial charge in [-0.05, 0) is 29.8 Å². The van der Waals surface area contributed by atoms with E-state index in [1.165, 1.54) is 23.1 Å². The first-order valence-electron chi connectivity index (χ1n) is 8.71. The second kappa shape index (κ2) is 8.75. The minimum Gasteiger partial charge on any atom is -0.497 e. The smallest absolute Gasteiger partial charge is 0.320 e. The van der Waals surface area contributed by atoms with Gasteiger partial charge in [-0.25, -0.2) is 4.98 Å².